The number of benzene rings is 3. The van der Waals surface area contributed by atoms with Gasteiger partial charge in [0.15, 0.2) is 11.5 Å². The average molecular weight is 441 g/mol. The molecule has 0 aliphatic rings. The minimum absolute atomic E-state index is 0.276. The van der Waals surface area contributed by atoms with Crippen LogP contribution in [0.15, 0.2) is 84.0 Å². The second-order valence-electron chi connectivity index (χ2n) is 6.77. The van der Waals surface area contributed by atoms with Gasteiger partial charge in [0.2, 0.25) is 17.8 Å². The van der Waals surface area contributed by atoms with Crippen LogP contribution in [0.5, 0.6) is 11.5 Å². The number of anilines is 5. The number of nitrogens with one attached hydrogen (secondary N) is 3. The van der Waals surface area contributed by atoms with Crippen LogP contribution in [-0.4, -0.2) is 35.4 Å². The molecule has 9 nitrogen and oxygen atoms in total. The largest absolute Gasteiger partial charge is 0.493 e. The van der Waals surface area contributed by atoms with E-state index in [2.05, 4.69) is 36.1 Å². The van der Waals surface area contributed by atoms with E-state index in [-0.39, 0.29) is 5.95 Å². The van der Waals surface area contributed by atoms with E-state index in [9.17, 15) is 0 Å². The van der Waals surface area contributed by atoms with E-state index in [1.54, 1.807) is 20.4 Å². The van der Waals surface area contributed by atoms with Gasteiger partial charge in [-0.1, -0.05) is 36.4 Å². The highest BCUT2D eigenvalue weighted by atomic mass is 16.5. The molecule has 0 radical (unpaired) electrons. The normalized spacial score (nSPS) is 10.6. The standard InChI is InChI=1S/C24H23N7O2/c1-32-20-14-13-17(15-21(20)33-2)16-25-31-24-29-22(26-18-9-5-3-6-10-18)28-23(30-24)27-19-11-7-4-8-12-19/h3-16H,1-2H3,(H3,26,27,28,29,30,31)/b25-16-. The molecule has 1 aromatic heterocycles. The van der Waals surface area contributed by atoms with Gasteiger partial charge in [0.25, 0.3) is 0 Å². The molecule has 4 rings (SSSR count). The number of hydrogen-bond acceptors (Lipinski definition) is 9. The van der Waals surface area contributed by atoms with Crippen molar-refractivity contribution in [2.45, 2.75) is 0 Å². The fourth-order valence-electron chi connectivity index (χ4n) is 2.94. The van der Waals surface area contributed by atoms with Crippen molar-refractivity contribution in [2.24, 2.45) is 5.10 Å². The van der Waals surface area contributed by atoms with Crippen LogP contribution in [0, 0.1) is 0 Å². The van der Waals surface area contributed by atoms with Crippen LogP contribution in [0.2, 0.25) is 0 Å². The third kappa shape index (κ3) is 5.95. The number of methoxy groups -OCH3 is 2. The van der Waals surface area contributed by atoms with Gasteiger partial charge in [0, 0.05) is 11.4 Å². The summed E-state index contributed by atoms with van der Waals surface area (Å²) in [6, 6.07) is 24.8. The number of para-hydroxylation sites is 2. The Kier molecular flexibility index (Phi) is 6.92. The third-order valence-electron chi connectivity index (χ3n) is 4.48. The Bertz CT molecular complexity index is 1160. The fraction of sp³-hybridized carbons (Fsp3) is 0.0833. The minimum Gasteiger partial charge on any atom is -0.493 e. The number of ether oxygens (including phenoxy) is 2. The maximum absolute atomic E-state index is 5.33. The smallest absolute Gasteiger partial charge is 0.250 e. The lowest BCUT2D eigenvalue weighted by molar-refractivity contribution is 0.355. The highest BCUT2D eigenvalue weighted by Crippen LogP contribution is 2.27. The fourth-order valence-corrected chi connectivity index (χ4v) is 2.94. The monoisotopic (exact) mass is 441 g/mol. The molecule has 0 bridgehead atoms. The molecule has 0 amide bonds. The highest BCUT2D eigenvalue weighted by molar-refractivity contribution is 5.81. The van der Waals surface area contributed by atoms with Crippen molar-refractivity contribution >= 4 is 35.4 Å². The van der Waals surface area contributed by atoms with Crippen LogP contribution in [0.3, 0.4) is 0 Å². The highest BCUT2D eigenvalue weighted by Gasteiger charge is 2.08. The summed E-state index contributed by atoms with van der Waals surface area (Å²) in [7, 11) is 3.18. The summed E-state index contributed by atoms with van der Waals surface area (Å²) in [4.78, 5) is 13.3. The Morgan fingerprint density at radius 2 is 1.21 bits per heavy atom. The van der Waals surface area contributed by atoms with Crippen molar-refractivity contribution in [3.63, 3.8) is 0 Å². The molecule has 0 saturated carbocycles. The third-order valence-corrected chi connectivity index (χ3v) is 4.48. The summed E-state index contributed by atoms with van der Waals surface area (Å²) >= 11 is 0. The van der Waals surface area contributed by atoms with Gasteiger partial charge in [-0.2, -0.15) is 20.1 Å². The van der Waals surface area contributed by atoms with E-state index in [1.807, 2.05) is 78.9 Å². The zero-order chi connectivity index (χ0) is 22.9. The van der Waals surface area contributed by atoms with Gasteiger partial charge in [-0.25, -0.2) is 5.43 Å². The summed E-state index contributed by atoms with van der Waals surface area (Å²) in [5.41, 5.74) is 5.40. The van der Waals surface area contributed by atoms with E-state index in [0.29, 0.717) is 23.4 Å². The zero-order valence-electron chi connectivity index (χ0n) is 18.2. The van der Waals surface area contributed by atoms with Crippen molar-refractivity contribution in [1.82, 2.24) is 15.0 Å². The molecular weight excluding hydrogens is 418 g/mol. The van der Waals surface area contributed by atoms with Gasteiger partial charge in [0.05, 0.1) is 20.4 Å². The molecule has 4 aromatic rings. The summed E-state index contributed by atoms with van der Waals surface area (Å²) in [5, 5.41) is 10.6. The van der Waals surface area contributed by atoms with Gasteiger partial charge in [0.1, 0.15) is 0 Å². The number of aromatic nitrogens is 3. The van der Waals surface area contributed by atoms with Crippen LogP contribution in [-0.2, 0) is 0 Å². The number of hydrogen-bond donors (Lipinski definition) is 3. The first-order valence-electron chi connectivity index (χ1n) is 10.1. The molecule has 0 unspecified atom stereocenters. The topological polar surface area (TPSA) is 106 Å². The van der Waals surface area contributed by atoms with Gasteiger partial charge in [-0.3, -0.25) is 0 Å². The second kappa shape index (κ2) is 10.6. The maximum Gasteiger partial charge on any atom is 0.250 e. The first-order chi connectivity index (χ1) is 16.2. The summed E-state index contributed by atoms with van der Waals surface area (Å²) < 4.78 is 10.6. The second-order valence-corrected chi connectivity index (χ2v) is 6.77. The van der Waals surface area contributed by atoms with Crippen molar-refractivity contribution in [1.29, 1.82) is 0 Å². The van der Waals surface area contributed by atoms with E-state index < -0.39 is 0 Å². The molecule has 0 aliphatic heterocycles. The van der Waals surface area contributed by atoms with Gasteiger partial charge in [-0.15, -0.1) is 0 Å². The Morgan fingerprint density at radius 1 is 0.667 bits per heavy atom. The van der Waals surface area contributed by atoms with E-state index in [1.165, 1.54) is 0 Å². The van der Waals surface area contributed by atoms with Crippen LogP contribution >= 0.6 is 0 Å². The lowest BCUT2D eigenvalue weighted by Gasteiger charge is -2.10. The molecule has 0 atom stereocenters. The number of hydrazone groups is 1. The summed E-state index contributed by atoms with van der Waals surface area (Å²) in [5.74, 6) is 2.29. The number of nitrogens with zero attached hydrogens (tertiary/aromatic N) is 4. The van der Waals surface area contributed by atoms with Crippen molar-refractivity contribution in [3.8, 4) is 11.5 Å². The van der Waals surface area contributed by atoms with E-state index in [4.69, 9.17) is 9.47 Å². The lowest BCUT2D eigenvalue weighted by atomic mass is 10.2. The zero-order valence-corrected chi connectivity index (χ0v) is 18.2. The van der Waals surface area contributed by atoms with Crippen molar-refractivity contribution < 1.29 is 9.47 Å². The van der Waals surface area contributed by atoms with Crippen LogP contribution in [0.1, 0.15) is 5.56 Å². The molecule has 0 spiro atoms. The van der Waals surface area contributed by atoms with Crippen LogP contribution < -0.4 is 25.5 Å². The predicted molar refractivity (Wildman–Crippen MR) is 130 cm³/mol. The molecule has 0 aliphatic carbocycles. The van der Waals surface area contributed by atoms with Crippen LogP contribution in [0.4, 0.5) is 29.2 Å². The molecule has 0 saturated heterocycles. The Labute approximate surface area is 191 Å². The lowest BCUT2D eigenvalue weighted by Crippen LogP contribution is -2.07. The first kappa shape index (κ1) is 21.6. The molecule has 3 N–H and O–H groups in total. The van der Waals surface area contributed by atoms with E-state index >= 15 is 0 Å². The molecule has 9 heteroatoms. The molecule has 33 heavy (non-hydrogen) atoms. The SMILES string of the molecule is COc1ccc(/C=N\Nc2nc(Nc3ccccc3)nc(Nc3ccccc3)n2)cc1OC. The molecule has 166 valence electrons. The van der Waals surface area contributed by atoms with Gasteiger partial charge >= 0.3 is 0 Å². The summed E-state index contributed by atoms with van der Waals surface area (Å²) in [6.07, 6.45) is 1.64. The van der Waals surface area contributed by atoms with Crippen molar-refractivity contribution in [2.75, 3.05) is 30.3 Å². The van der Waals surface area contributed by atoms with Crippen molar-refractivity contribution in [3.05, 3.63) is 84.4 Å². The molecular formula is C24H23N7O2. The summed E-state index contributed by atoms with van der Waals surface area (Å²) in [6.45, 7) is 0. The minimum atomic E-state index is 0.276. The maximum atomic E-state index is 5.33. The average Bonchev–Trinajstić information content (AvgIpc) is 2.85. The Morgan fingerprint density at radius 3 is 1.76 bits per heavy atom. The number of rotatable bonds is 9. The first-order valence-corrected chi connectivity index (χ1v) is 10.1. The molecule has 1 heterocycles. The van der Waals surface area contributed by atoms with Gasteiger partial charge in [-0.05, 0) is 48.0 Å². The van der Waals surface area contributed by atoms with Gasteiger partial charge < -0.3 is 20.1 Å². The molecule has 3 aromatic carbocycles. The Hall–Kier alpha value is -4.66. The quantitative estimate of drug-likeness (QED) is 0.251. The molecule has 0 fully saturated rings. The van der Waals surface area contributed by atoms with Crippen LogP contribution in [0.25, 0.3) is 0 Å². The van der Waals surface area contributed by atoms with E-state index in [0.717, 1.165) is 16.9 Å². The Balaban J connectivity index is 1.56. The predicted octanol–water partition coefficient (Wildman–Crippen LogP) is 4.82.